The van der Waals surface area contributed by atoms with Crippen LogP contribution in [0.5, 0.6) is 0 Å². The van der Waals surface area contributed by atoms with E-state index in [0.29, 0.717) is 0 Å². The van der Waals surface area contributed by atoms with Crippen molar-refractivity contribution in [3.63, 3.8) is 0 Å². The van der Waals surface area contributed by atoms with Gasteiger partial charge in [0.05, 0.1) is 0 Å². The molecule has 18 heavy (non-hydrogen) atoms. The molecule has 98 valence electrons. The molecule has 1 saturated carbocycles. The molecular weight excluding hydrogens is 242 g/mol. The van der Waals surface area contributed by atoms with Gasteiger partial charge >= 0.3 is 0 Å². The third-order valence-corrected chi connectivity index (χ3v) is 3.99. The summed E-state index contributed by atoms with van der Waals surface area (Å²) < 4.78 is 0. The van der Waals surface area contributed by atoms with Gasteiger partial charge in [-0.2, -0.15) is 0 Å². The second kappa shape index (κ2) is 6.83. The molecule has 1 aliphatic rings. The van der Waals surface area contributed by atoms with E-state index in [0.717, 1.165) is 29.3 Å². The first kappa shape index (κ1) is 13.5. The van der Waals surface area contributed by atoms with Gasteiger partial charge in [-0.25, -0.2) is 0 Å². The van der Waals surface area contributed by atoms with Crippen molar-refractivity contribution in [2.75, 3.05) is 6.54 Å². The maximum atomic E-state index is 11.9. The Kier molecular flexibility index (Phi) is 5.12. The van der Waals surface area contributed by atoms with Crippen molar-refractivity contribution in [2.24, 2.45) is 5.92 Å². The van der Waals surface area contributed by atoms with Crippen LogP contribution in [-0.2, 0) is 0 Å². The van der Waals surface area contributed by atoms with Crippen molar-refractivity contribution < 1.29 is 4.79 Å². The van der Waals surface area contributed by atoms with E-state index >= 15 is 0 Å². The lowest BCUT2D eigenvalue weighted by Gasteiger charge is -2.21. The quantitative estimate of drug-likeness (QED) is 0.797. The first-order valence-corrected chi connectivity index (χ1v) is 7.27. The summed E-state index contributed by atoms with van der Waals surface area (Å²) in [6.07, 6.45) is 7.91. The number of carbonyl (C=O) groups excluding carboxylic acids is 1. The van der Waals surface area contributed by atoms with Crippen LogP contribution in [0.1, 0.15) is 48.9 Å². The highest BCUT2D eigenvalue weighted by molar-refractivity contribution is 7.80. The lowest BCUT2D eigenvalue weighted by molar-refractivity contribution is 0.0950. The van der Waals surface area contributed by atoms with E-state index in [4.69, 9.17) is 0 Å². The highest BCUT2D eigenvalue weighted by Crippen LogP contribution is 2.25. The molecule has 1 fully saturated rings. The van der Waals surface area contributed by atoms with Gasteiger partial charge < -0.3 is 5.32 Å². The van der Waals surface area contributed by atoms with E-state index in [1.807, 2.05) is 24.3 Å². The van der Waals surface area contributed by atoms with E-state index in [1.54, 1.807) is 0 Å². The summed E-state index contributed by atoms with van der Waals surface area (Å²) in [5, 5.41) is 3.00. The van der Waals surface area contributed by atoms with Crippen molar-refractivity contribution in [1.82, 2.24) is 5.32 Å². The molecule has 1 aromatic rings. The van der Waals surface area contributed by atoms with Crippen molar-refractivity contribution in [1.29, 1.82) is 0 Å². The number of amides is 1. The number of thiol groups is 1. The minimum atomic E-state index is 0.0270. The van der Waals surface area contributed by atoms with Gasteiger partial charge in [0.1, 0.15) is 0 Å². The molecule has 2 rings (SSSR count). The first-order chi connectivity index (χ1) is 8.75. The van der Waals surface area contributed by atoms with E-state index in [-0.39, 0.29) is 5.91 Å². The molecule has 3 heteroatoms. The lowest BCUT2D eigenvalue weighted by atomic mass is 9.87. The Morgan fingerprint density at radius 2 is 1.83 bits per heavy atom. The standard InChI is InChI=1S/C15H21NOS/c17-15(13-6-8-14(18)9-7-13)16-11-10-12-4-2-1-3-5-12/h6-9,12,18H,1-5,10-11H2,(H,16,17). The summed E-state index contributed by atoms with van der Waals surface area (Å²) in [7, 11) is 0. The van der Waals surface area contributed by atoms with Crippen LogP contribution >= 0.6 is 12.6 Å². The molecule has 1 aliphatic carbocycles. The predicted octanol–water partition coefficient (Wildman–Crippen LogP) is 3.68. The molecule has 0 heterocycles. The van der Waals surface area contributed by atoms with Gasteiger partial charge in [-0.15, -0.1) is 12.6 Å². The molecule has 0 spiro atoms. The van der Waals surface area contributed by atoms with Crippen LogP contribution in [0.15, 0.2) is 29.2 Å². The monoisotopic (exact) mass is 263 g/mol. The fourth-order valence-electron chi connectivity index (χ4n) is 2.58. The molecule has 0 saturated heterocycles. The highest BCUT2D eigenvalue weighted by Gasteiger charge is 2.13. The summed E-state index contributed by atoms with van der Waals surface area (Å²) >= 11 is 4.21. The summed E-state index contributed by atoms with van der Waals surface area (Å²) in [5.74, 6) is 0.845. The summed E-state index contributed by atoms with van der Waals surface area (Å²) in [6.45, 7) is 0.798. The third-order valence-electron chi connectivity index (χ3n) is 3.69. The van der Waals surface area contributed by atoms with Gasteiger partial charge in [0, 0.05) is 17.0 Å². The molecule has 0 radical (unpaired) electrons. The second-order valence-electron chi connectivity index (χ2n) is 5.10. The fraction of sp³-hybridized carbons (Fsp3) is 0.533. The Balaban J connectivity index is 1.72. The average Bonchev–Trinajstić information content (AvgIpc) is 2.40. The molecule has 0 aliphatic heterocycles. The first-order valence-electron chi connectivity index (χ1n) is 6.83. The van der Waals surface area contributed by atoms with E-state index < -0.39 is 0 Å². The van der Waals surface area contributed by atoms with Crippen molar-refractivity contribution in [3.8, 4) is 0 Å². The Hall–Kier alpha value is -0.960. The summed E-state index contributed by atoms with van der Waals surface area (Å²) in [4.78, 5) is 12.7. The third kappa shape index (κ3) is 4.05. The minimum absolute atomic E-state index is 0.0270. The molecule has 0 unspecified atom stereocenters. The van der Waals surface area contributed by atoms with Crippen LogP contribution < -0.4 is 5.32 Å². The number of hydrogen-bond acceptors (Lipinski definition) is 2. The van der Waals surface area contributed by atoms with E-state index in [9.17, 15) is 4.79 Å². The molecule has 1 amide bonds. The van der Waals surface area contributed by atoms with Gasteiger partial charge in [0.25, 0.3) is 5.91 Å². The van der Waals surface area contributed by atoms with Crippen LogP contribution in [0.3, 0.4) is 0 Å². The Morgan fingerprint density at radius 1 is 1.17 bits per heavy atom. The van der Waals surface area contributed by atoms with Gasteiger partial charge in [-0.05, 0) is 36.6 Å². The number of hydrogen-bond donors (Lipinski definition) is 2. The largest absolute Gasteiger partial charge is 0.352 e. The molecule has 2 nitrogen and oxygen atoms in total. The van der Waals surface area contributed by atoms with Crippen molar-refractivity contribution in [3.05, 3.63) is 29.8 Å². The number of benzene rings is 1. The van der Waals surface area contributed by atoms with E-state index in [1.165, 1.54) is 32.1 Å². The Bertz CT molecular complexity index is 382. The zero-order valence-electron chi connectivity index (χ0n) is 10.7. The normalized spacial score (nSPS) is 16.5. The molecular formula is C15H21NOS. The number of carbonyl (C=O) groups is 1. The van der Waals surface area contributed by atoms with Gasteiger partial charge in [-0.1, -0.05) is 32.1 Å². The number of rotatable bonds is 4. The Morgan fingerprint density at radius 3 is 2.50 bits per heavy atom. The zero-order chi connectivity index (χ0) is 12.8. The fourth-order valence-corrected chi connectivity index (χ4v) is 2.73. The zero-order valence-corrected chi connectivity index (χ0v) is 11.6. The molecule has 0 bridgehead atoms. The van der Waals surface area contributed by atoms with E-state index in [2.05, 4.69) is 17.9 Å². The maximum Gasteiger partial charge on any atom is 0.251 e. The van der Waals surface area contributed by atoms with Gasteiger partial charge in [0.2, 0.25) is 0 Å². The lowest BCUT2D eigenvalue weighted by Crippen LogP contribution is -2.26. The van der Waals surface area contributed by atoms with Crippen LogP contribution in [-0.4, -0.2) is 12.5 Å². The summed E-state index contributed by atoms with van der Waals surface area (Å²) in [6, 6.07) is 7.33. The van der Waals surface area contributed by atoms with Crippen molar-refractivity contribution >= 4 is 18.5 Å². The Labute approximate surface area is 115 Å². The highest BCUT2D eigenvalue weighted by atomic mass is 32.1. The van der Waals surface area contributed by atoms with Crippen LogP contribution in [0, 0.1) is 5.92 Å². The van der Waals surface area contributed by atoms with Gasteiger partial charge in [-0.3, -0.25) is 4.79 Å². The number of nitrogens with one attached hydrogen (secondary N) is 1. The summed E-state index contributed by atoms with van der Waals surface area (Å²) in [5.41, 5.74) is 0.719. The average molecular weight is 263 g/mol. The van der Waals surface area contributed by atoms with Crippen molar-refractivity contribution in [2.45, 2.75) is 43.4 Å². The SMILES string of the molecule is O=C(NCCC1CCCCC1)c1ccc(S)cc1. The smallest absolute Gasteiger partial charge is 0.251 e. The van der Waals surface area contributed by atoms with Crippen LogP contribution in [0.2, 0.25) is 0 Å². The molecule has 0 atom stereocenters. The molecule has 1 aromatic carbocycles. The topological polar surface area (TPSA) is 29.1 Å². The minimum Gasteiger partial charge on any atom is -0.352 e. The van der Waals surface area contributed by atoms with Crippen LogP contribution in [0.25, 0.3) is 0 Å². The van der Waals surface area contributed by atoms with Crippen LogP contribution in [0.4, 0.5) is 0 Å². The predicted molar refractivity (Wildman–Crippen MR) is 77.2 cm³/mol. The molecule has 0 aromatic heterocycles. The molecule has 1 N–H and O–H groups in total. The second-order valence-corrected chi connectivity index (χ2v) is 5.61. The van der Waals surface area contributed by atoms with Gasteiger partial charge in [0.15, 0.2) is 0 Å². The maximum absolute atomic E-state index is 11.9.